The molecule has 0 spiro atoms. The SMILES string of the molecule is Cc1cc(N2CCN(C)CC2)nc(N2CCN(c3cccc(C(F)(F)F)c3C#N)CC2)n1. The molecule has 0 radical (unpaired) electrons. The molecule has 2 aliphatic rings. The first-order valence-corrected chi connectivity index (χ1v) is 10.7. The summed E-state index contributed by atoms with van der Waals surface area (Å²) >= 11 is 0. The summed E-state index contributed by atoms with van der Waals surface area (Å²) in [6, 6.07) is 7.65. The molecule has 2 fully saturated rings. The van der Waals surface area contributed by atoms with Crippen LogP contribution in [0.15, 0.2) is 24.3 Å². The number of aromatic nitrogens is 2. The van der Waals surface area contributed by atoms with E-state index in [1.807, 2.05) is 17.9 Å². The first kappa shape index (κ1) is 22.1. The number of hydrogen-bond acceptors (Lipinski definition) is 7. The standard InChI is InChI=1S/C22H26F3N7/c1-16-14-20(31-8-6-29(2)7-9-31)28-21(27-16)32-12-10-30(11-13-32)19-5-3-4-18(17(19)15-26)22(23,24)25/h3-5,14H,6-13H2,1-2H3. The van der Waals surface area contributed by atoms with E-state index in [0.29, 0.717) is 37.8 Å². The zero-order valence-electron chi connectivity index (χ0n) is 18.2. The minimum atomic E-state index is -4.56. The zero-order chi connectivity index (χ0) is 22.9. The molecule has 0 bridgehead atoms. The minimum Gasteiger partial charge on any atom is -0.367 e. The van der Waals surface area contributed by atoms with Crippen molar-refractivity contribution in [2.45, 2.75) is 13.1 Å². The summed E-state index contributed by atoms with van der Waals surface area (Å²) in [5, 5.41) is 9.41. The first-order chi connectivity index (χ1) is 15.3. The maximum absolute atomic E-state index is 13.3. The summed E-state index contributed by atoms with van der Waals surface area (Å²) in [6.45, 7) is 7.82. The third-order valence-electron chi connectivity index (χ3n) is 6.02. The van der Waals surface area contributed by atoms with E-state index in [1.54, 1.807) is 12.1 Å². The molecule has 0 N–H and O–H groups in total. The van der Waals surface area contributed by atoms with E-state index < -0.39 is 11.7 Å². The van der Waals surface area contributed by atoms with Gasteiger partial charge in [-0.1, -0.05) is 6.07 Å². The molecule has 3 heterocycles. The summed E-state index contributed by atoms with van der Waals surface area (Å²) in [6.07, 6.45) is -4.56. The molecule has 0 amide bonds. The minimum absolute atomic E-state index is 0.322. The number of halogens is 3. The monoisotopic (exact) mass is 445 g/mol. The van der Waals surface area contributed by atoms with Crippen molar-refractivity contribution in [1.29, 1.82) is 5.26 Å². The Morgan fingerprint density at radius 2 is 1.53 bits per heavy atom. The molecule has 10 heteroatoms. The maximum atomic E-state index is 13.3. The van der Waals surface area contributed by atoms with Crippen LogP contribution < -0.4 is 14.7 Å². The van der Waals surface area contributed by atoms with Gasteiger partial charge in [0, 0.05) is 64.1 Å². The van der Waals surface area contributed by atoms with Crippen molar-refractivity contribution in [2.75, 3.05) is 74.1 Å². The summed E-state index contributed by atoms with van der Waals surface area (Å²) < 4.78 is 39.9. The second kappa shape index (κ2) is 8.82. The quantitative estimate of drug-likeness (QED) is 0.720. The fourth-order valence-corrected chi connectivity index (χ4v) is 4.18. The predicted molar refractivity (Wildman–Crippen MR) is 117 cm³/mol. The van der Waals surface area contributed by atoms with Crippen LogP contribution in [-0.2, 0) is 6.18 Å². The fourth-order valence-electron chi connectivity index (χ4n) is 4.18. The van der Waals surface area contributed by atoms with Crippen molar-refractivity contribution in [2.24, 2.45) is 0 Å². The topological polar surface area (TPSA) is 62.5 Å². The average molecular weight is 445 g/mol. The van der Waals surface area contributed by atoms with Crippen LogP contribution in [0.25, 0.3) is 0 Å². The van der Waals surface area contributed by atoms with Gasteiger partial charge in [-0.05, 0) is 26.1 Å². The summed E-state index contributed by atoms with van der Waals surface area (Å²) in [5.41, 5.74) is -0.00219. The van der Waals surface area contributed by atoms with Crippen molar-refractivity contribution < 1.29 is 13.2 Å². The number of rotatable bonds is 3. The van der Waals surface area contributed by atoms with Crippen molar-refractivity contribution in [1.82, 2.24) is 14.9 Å². The molecule has 4 rings (SSSR count). The highest BCUT2D eigenvalue weighted by atomic mass is 19.4. The van der Waals surface area contributed by atoms with E-state index in [0.717, 1.165) is 43.8 Å². The molecule has 32 heavy (non-hydrogen) atoms. The van der Waals surface area contributed by atoms with Crippen LogP contribution in [0, 0.1) is 18.3 Å². The fraction of sp³-hybridized carbons (Fsp3) is 0.500. The molecule has 0 saturated carbocycles. The van der Waals surface area contributed by atoms with E-state index in [1.165, 1.54) is 6.07 Å². The molecular weight excluding hydrogens is 419 g/mol. The third-order valence-corrected chi connectivity index (χ3v) is 6.02. The number of anilines is 3. The van der Waals surface area contributed by atoms with E-state index in [4.69, 9.17) is 4.98 Å². The highest BCUT2D eigenvalue weighted by Crippen LogP contribution is 2.36. The van der Waals surface area contributed by atoms with Gasteiger partial charge in [0.15, 0.2) is 0 Å². The van der Waals surface area contributed by atoms with Crippen LogP contribution in [0.5, 0.6) is 0 Å². The highest BCUT2D eigenvalue weighted by Gasteiger charge is 2.35. The lowest BCUT2D eigenvalue weighted by molar-refractivity contribution is -0.137. The van der Waals surface area contributed by atoms with Gasteiger partial charge >= 0.3 is 6.18 Å². The molecule has 2 saturated heterocycles. The molecule has 170 valence electrons. The smallest absolute Gasteiger partial charge is 0.367 e. The highest BCUT2D eigenvalue weighted by molar-refractivity contribution is 5.64. The van der Waals surface area contributed by atoms with Gasteiger partial charge in [0.25, 0.3) is 0 Å². The van der Waals surface area contributed by atoms with Crippen LogP contribution in [0.1, 0.15) is 16.8 Å². The molecular formula is C22H26F3N7. The van der Waals surface area contributed by atoms with Gasteiger partial charge in [-0.25, -0.2) is 4.98 Å². The van der Waals surface area contributed by atoms with E-state index in [2.05, 4.69) is 26.7 Å². The van der Waals surface area contributed by atoms with Gasteiger partial charge in [-0.2, -0.15) is 23.4 Å². The van der Waals surface area contributed by atoms with E-state index in [-0.39, 0.29) is 5.56 Å². The van der Waals surface area contributed by atoms with Gasteiger partial charge < -0.3 is 19.6 Å². The number of aryl methyl sites for hydroxylation is 1. The van der Waals surface area contributed by atoms with E-state index in [9.17, 15) is 18.4 Å². The number of nitriles is 1. The van der Waals surface area contributed by atoms with Gasteiger partial charge in [0.05, 0.1) is 16.8 Å². The number of benzene rings is 1. The summed E-state index contributed by atoms with van der Waals surface area (Å²) in [7, 11) is 2.11. The Hall–Kier alpha value is -3.06. The number of hydrogen-bond donors (Lipinski definition) is 0. The second-order valence-electron chi connectivity index (χ2n) is 8.24. The molecule has 7 nitrogen and oxygen atoms in total. The van der Waals surface area contributed by atoms with Crippen LogP contribution in [0.4, 0.5) is 30.6 Å². The van der Waals surface area contributed by atoms with Crippen molar-refractivity contribution >= 4 is 17.5 Å². The molecule has 0 unspecified atom stereocenters. The molecule has 1 aromatic heterocycles. The van der Waals surface area contributed by atoms with Gasteiger partial charge in [0.1, 0.15) is 11.9 Å². The maximum Gasteiger partial charge on any atom is 0.417 e. The average Bonchev–Trinajstić information content (AvgIpc) is 2.78. The van der Waals surface area contributed by atoms with Crippen LogP contribution in [0.3, 0.4) is 0 Å². The Morgan fingerprint density at radius 1 is 0.906 bits per heavy atom. The number of piperazine rings is 2. The Balaban J connectivity index is 1.50. The normalized spacial score (nSPS) is 18.1. The number of nitrogens with zero attached hydrogens (tertiary/aromatic N) is 7. The van der Waals surface area contributed by atoms with Crippen molar-refractivity contribution in [3.63, 3.8) is 0 Å². The Morgan fingerprint density at radius 3 is 2.16 bits per heavy atom. The van der Waals surface area contributed by atoms with Gasteiger partial charge in [0.2, 0.25) is 5.95 Å². The van der Waals surface area contributed by atoms with Gasteiger partial charge in [-0.3, -0.25) is 0 Å². The molecule has 0 aliphatic carbocycles. The lowest BCUT2D eigenvalue weighted by Gasteiger charge is -2.37. The Labute approximate surface area is 185 Å². The summed E-state index contributed by atoms with van der Waals surface area (Å²) in [4.78, 5) is 17.8. The largest absolute Gasteiger partial charge is 0.417 e. The van der Waals surface area contributed by atoms with Gasteiger partial charge in [-0.15, -0.1) is 0 Å². The first-order valence-electron chi connectivity index (χ1n) is 10.7. The Bertz CT molecular complexity index is 1000. The lowest BCUT2D eigenvalue weighted by atomic mass is 10.0. The molecule has 1 aromatic carbocycles. The number of alkyl halides is 3. The molecule has 0 atom stereocenters. The van der Waals surface area contributed by atoms with E-state index >= 15 is 0 Å². The van der Waals surface area contributed by atoms with Crippen LogP contribution >= 0.6 is 0 Å². The van der Waals surface area contributed by atoms with Crippen molar-refractivity contribution in [3.8, 4) is 6.07 Å². The Kier molecular flexibility index (Phi) is 6.11. The third kappa shape index (κ3) is 4.58. The molecule has 2 aromatic rings. The number of likely N-dealkylation sites (N-methyl/N-ethyl adjacent to an activating group) is 1. The van der Waals surface area contributed by atoms with Crippen LogP contribution in [0.2, 0.25) is 0 Å². The lowest BCUT2D eigenvalue weighted by Crippen LogP contribution is -2.48. The van der Waals surface area contributed by atoms with Crippen LogP contribution in [-0.4, -0.2) is 74.3 Å². The van der Waals surface area contributed by atoms with Crippen molar-refractivity contribution in [3.05, 3.63) is 41.1 Å². The predicted octanol–water partition coefficient (Wildman–Crippen LogP) is 2.75. The second-order valence-corrected chi connectivity index (χ2v) is 8.24. The zero-order valence-corrected chi connectivity index (χ0v) is 18.2. The summed E-state index contributed by atoms with van der Waals surface area (Å²) in [5.74, 6) is 1.55. The molecule has 2 aliphatic heterocycles.